The van der Waals surface area contributed by atoms with Gasteiger partial charge in [0, 0.05) is 44.0 Å². The van der Waals surface area contributed by atoms with Crippen molar-refractivity contribution in [3.05, 3.63) is 53.6 Å². The molecule has 1 saturated carbocycles. The summed E-state index contributed by atoms with van der Waals surface area (Å²) in [6.07, 6.45) is 5.99. The molecular formula is C24H27N5O2S. The van der Waals surface area contributed by atoms with E-state index < -0.39 is 0 Å². The second-order valence-corrected chi connectivity index (χ2v) is 9.37. The molecule has 8 heteroatoms. The summed E-state index contributed by atoms with van der Waals surface area (Å²) >= 11 is 1.65. The van der Waals surface area contributed by atoms with E-state index in [0.717, 1.165) is 29.1 Å². The van der Waals surface area contributed by atoms with Crippen molar-refractivity contribution in [3.8, 4) is 10.6 Å². The second-order valence-electron chi connectivity index (χ2n) is 8.51. The van der Waals surface area contributed by atoms with E-state index in [0.29, 0.717) is 25.6 Å². The summed E-state index contributed by atoms with van der Waals surface area (Å²) in [6, 6.07) is 10.2. The number of hydrogen-bond acceptors (Lipinski definition) is 5. The van der Waals surface area contributed by atoms with Crippen LogP contribution in [0.1, 0.15) is 12.1 Å². The van der Waals surface area contributed by atoms with E-state index in [-0.39, 0.29) is 35.5 Å². The lowest BCUT2D eigenvalue weighted by molar-refractivity contribution is -0.140. The number of aromatic nitrogens is 1. The van der Waals surface area contributed by atoms with Crippen molar-refractivity contribution in [2.45, 2.75) is 12.8 Å². The van der Waals surface area contributed by atoms with E-state index in [1.54, 1.807) is 18.4 Å². The van der Waals surface area contributed by atoms with Crippen molar-refractivity contribution in [2.75, 3.05) is 26.7 Å². The number of thiazole rings is 1. The highest BCUT2D eigenvalue weighted by atomic mass is 32.1. The Labute approximate surface area is 191 Å². The number of benzene rings is 1. The Morgan fingerprint density at radius 3 is 2.47 bits per heavy atom. The van der Waals surface area contributed by atoms with E-state index in [1.165, 1.54) is 4.90 Å². The summed E-state index contributed by atoms with van der Waals surface area (Å²) in [4.78, 5) is 35.9. The minimum Gasteiger partial charge on any atom is -0.356 e. The zero-order valence-electron chi connectivity index (χ0n) is 18.0. The fraction of sp³-hybridized carbons (Fsp3) is 0.417. The van der Waals surface area contributed by atoms with Crippen LogP contribution in [0.4, 0.5) is 0 Å². The van der Waals surface area contributed by atoms with Gasteiger partial charge in [-0.25, -0.2) is 4.98 Å². The number of hydrogen-bond donors (Lipinski definition) is 2. The molecule has 4 atom stereocenters. The molecule has 5 rings (SSSR count). The summed E-state index contributed by atoms with van der Waals surface area (Å²) in [5, 5.41) is 9.61. The fourth-order valence-corrected chi connectivity index (χ4v) is 6.00. The Bertz CT molecular complexity index is 1030. The first-order valence-corrected chi connectivity index (χ1v) is 12.0. The molecule has 1 aliphatic heterocycles. The van der Waals surface area contributed by atoms with Crippen molar-refractivity contribution >= 4 is 29.1 Å². The number of carbonyl (C=O) groups excluding carboxylic acids is 2. The number of allylic oxidation sites excluding steroid dienone is 2. The average Bonchev–Trinajstić information content (AvgIpc) is 3.59. The van der Waals surface area contributed by atoms with E-state index in [4.69, 9.17) is 4.98 Å². The molecule has 4 unspecified atom stereocenters. The Morgan fingerprint density at radius 1 is 1.09 bits per heavy atom. The van der Waals surface area contributed by atoms with Gasteiger partial charge >= 0.3 is 0 Å². The third-order valence-electron chi connectivity index (χ3n) is 6.66. The molecule has 2 aliphatic carbocycles. The van der Waals surface area contributed by atoms with Gasteiger partial charge in [0.25, 0.3) is 0 Å². The maximum absolute atomic E-state index is 12.8. The van der Waals surface area contributed by atoms with Crippen LogP contribution >= 0.6 is 11.3 Å². The van der Waals surface area contributed by atoms with Crippen LogP contribution in [0.15, 0.2) is 52.9 Å². The molecule has 7 nitrogen and oxygen atoms in total. The molecule has 1 aromatic heterocycles. The molecule has 2 amide bonds. The van der Waals surface area contributed by atoms with Crippen LogP contribution in [-0.4, -0.2) is 54.3 Å². The highest BCUT2D eigenvalue weighted by molar-refractivity contribution is 7.13. The van der Waals surface area contributed by atoms with Gasteiger partial charge in [0.2, 0.25) is 11.8 Å². The zero-order valence-corrected chi connectivity index (χ0v) is 18.8. The number of nitrogens with zero attached hydrogens (tertiary/aromatic N) is 3. The van der Waals surface area contributed by atoms with Gasteiger partial charge < -0.3 is 10.6 Å². The van der Waals surface area contributed by atoms with Crippen molar-refractivity contribution < 1.29 is 9.59 Å². The number of likely N-dealkylation sites (tertiary alicyclic amines) is 1. The van der Waals surface area contributed by atoms with Crippen molar-refractivity contribution in [1.82, 2.24) is 20.5 Å². The summed E-state index contributed by atoms with van der Waals surface area (Å²) in [5.74, 6) is 0.898. The quantitative estimate of drug-likeness (QED) is 0.293. The zero-order chi connectivity index (χ0) is 22.1. The largest absolute Gasteiger partial charge is 0.356 e. The Morgan fingerprint density at radius 2 is 1.78 bits per heavy atom. The molecule has 0 spiro atoms. The number of imide groups is 1. The topological polar surface area (TPSA) is 86.7 Å². The minimum atomic E-state index is -0.131. The van der Waals surface area contributed by atoms with Gasteiger partial charge in [-0.2, -0.15) is 0 Å². The number of guanidine groups is 1. The van der Waals surface area contributed by atoms with Gasteiger partial charge in [-0.3, -0.25) is 19.5 Å². The second kappa shape index (κ2) is 8.86. The molecule has 166 valence electrons. The third-order valence-corrected chi connectivity index (χ3v) is 7.60. The standard InChI is InChI=1S/C24H27N5O2S/c1-25-24(26-10-9-18-14-32-21(28-18)15-5-3-2-4-6-15)27-11-12-29-22(30)19-16-7-8-17(13-16)20(19)23(29)31/h2-8,14,16-17,19-20H,9-13H2,1H3,(H2,25,26,27). The van der Waals surface area contributed by atoms with Gasteiger partial charge in [-0.1, -0.05) is 42.5 Å². The summed E-state index contributed by atoms with van der Waals surface area (Å²) in [6.45, 7) is 1.55. The predicted molar refractivity (Wildman–Crippen MR) is 125 cm³/mol. The lowest BCUT2D eigenvalue weighted by atomic mass is 9.85. The molecule has 2 aromatic rings. The number of rotatable bonds is 7. The molecule has 0 radical (unpaired) electrons. The third kappa shape index (κ3) is 3.83. The summed E-state index contributed by atoms with van der Waals surface area (Å²) in [7, 11) is 1.71. The smallest absolute Gasteiger partial charge is 0.233 e. The molecule has 2 N–H and O–H groups in total. The molecule has 1 saturated heterocycles. The normalized spacial score (nSPS) is 26.2. The molecule has 2 fully saturated rings. The predicted octanol–water partition coefficient (Wildman–Crippen LogP) is 2.32. The SMILES string of the molecule is CN=C(NCCc1csc(-c2ccccc2)n1)NCCN1C(=O)C2C3C=CC(C3)C2C1=O. The van der Waals surface area contributed by atoms with Gasteiger partial charge in [0.05, 0.1) is 17.5 Å². The van der Waals surface area contributed by atoms with E-state index >= 15 is 0 Å². The lowest BCUT2D eigenvalue weighted by Gasteiger charge is -2.18. The van der Waals surface area contributed by atoms with Crippen LogP contribution in [-0.2, 0) is 16.0 Å². The Hall–Kier alpha value is -3.00. The van der Waals surface area contributed by atoms with Crippen LogP contribution in [0.2, 0.25) is 0 Å². The summed E-state index contributed by atoms with van der Waals surface area (Å²) < 4.78 is 0. The van der Waals surface area contributed by atoms with Gasteiger partial charge in [0.15, 0.2) is 5.96 Å². The molecule has 3 aliphatic rings. The van der Waals surface area contributed by atoms with E-state index in [2.05, 4.69) is 45.3 Å². The maximum Gasteiger partial charge on any atom is 0.233 e. The van der Waals surface area contributed by atoms with Crippen LogP contribution < -0.4 is 10.6 Å². The van der Waals surface area contributed by atoms with E-state index in [1.807, 2.05) is 18.2 Å². The average molecular weight is 450 g/mol. The number of carbonyl (C=O) groups is 2. The number of amides is 2. The van der Waals surface area contributed by atoms with Crippen LogP contribution in [0.5, 0.6) is 0 Å². The number of nitrogens with one attached hydrogen (secondary N) is 2. The van der Waals surface area contributed by atoms with Crippen LogP contribution in [0.3, 0.4) is 0 Å². The van der Waals surface area contributed by atoms with Crippen molar-refractivity contribution in [3.63, 3.8) is 0 Å². The molecular weight excluding hydrogens is 422 g/mol. The lowest BCUT2D eigenvalue weighted by Crippen LogP contribution is -2.44. The monoisotopic (exact) mass is 449 g/mol. The Balaban J connectivity index is 1.07. The van der Waals surface area contributed by atoms with E-state index in [9.17, 15) is 9.59 Å². The fourth-order valence-electron chi connectivity index (χ4n) is 5.14. The first-order chi connectivity index (χ1) is 15.7. The van der Waals surface area contributed by atoms with Gasteiger partial charge in [-0.05, 0) is 18.3 Å². The maximum atomic E-state index is 12.8. The van der Waals surface area contributed by atoms with Gasteiger partial charge in [0.1, 0.15) is 5.01 Å². The molecule has 2 bridgehead atoms. The molecule has 1 aromatic carbocycles. The van der Waals surface area contributed by atoms with Crippen molar-refractivity contribution in [1.29, 1.82) is 0 Å². The minimum absolute atomic E-state index is 0.000603. The Kier molecular flexibility index (Phi) is 5.78. The molecule has 2 heterocycles. The van der Waals surface area contributed by atoms with Crippen LogP contribution in [0.25, 0.3) is 10.6 Å². The molecule has 32 heavy (non-hydrogen) atoms. The van der Waals surface area contributed by atoms with Crippen molar-refractivity contribution in [2.24, 2.45) is 28.7 Å². The first kappa shape index (κ1) is 20.9. The highest BCUT2D eigenvalue weighted by Crippen LogP contribution is 2.52. The highest BCUT2D eigenvalue weighted by Gasteiger charge is 2.58. The van der Waals surface area contributed by atoms with Crippen LogP contribution in [0, 0.1) is 23.7 Å². The number of aliphatic imine (C=N–C) groups is 1. The number of fused-ring (bicyclic) bond motifs is 5. The summed E-state index contributed by atoms with van der Waals surface area (Å²) in [5.41, 5.74) is 2.17. The van der Waals surface area contributed by atoms with Gasteiger partial charge in [-0.15, -0.1) is 11.3 Å². The first-order valence-electron chi connectivity index (χ1n) is 11.1.